The van der Waals surface area contributed by atoms with Gasteiger partial charge >= 0.3 is 0 Å². The monoisotopic (exact) mass is 443 g/mol. The molecule has 4 rings (SSSR count). The van der Waals surface area contributed by atoms with Crippen LogP contribution in [-0.2, 0) is 0 Å². The summed E-state index contributed by atoms with van der Waals surface area (Å²) in [6.07, 6.45) is 1.42. The first-order valence-corrected chi connectivity index (χ1v) is 10.4. The van der Waals surface area contributed by atoms with Crippen LogP contribution in [0.2, 0.25) is 10.2 Å². The van der Waals surface area contributed by atoms with Crippen molar-refractivity contribution in [3.63, 3.8) is 0 Å². The summed E-state index contributed by atoms with van der Waals surface area (Å²) >= 11 is 12.1. The number of piperazine rings is 1. The van der Waals surface area contributed by atoms with Crippen molar-refractivity contribution in [3.05, 3.63) is 99.5 Å². The fourth-order valence-corrected chi connectivity index (χ4v) is 4.16. The lowest BCUT2D eigenvalue weighted by molar-refractivity contribution is 0.0597. The third kappa shape index (κ3) is 4.48. The lowest BCUT2D eigenvalue weighted by Gasteiger charge is -2.39. The van der Waals surface area contributed by atoms with Gasteiger partial charge in [0.05, 0.1) is 16.6 Å². The maximum absolute atomic E-state index is 13.5. The third-order valence-electron chi connectivity index (χ3n) is 5.30. The van der Waals surface area contributed by atoms with Gasteiger partial charge in [-0.3, -0.25) is 9.69 Å². The van der Waals surface area contributed by atoms with Crippen molar-refractivity contribution in [2.24, 2.45) is 0 Å². The number of rotatable bonds is 4. The molecule has 154 valence electrons. The van der Waals surface area contributed by atoms with Crippen LogP contribution in [0, 0.1) is 5.82 Å². The number of amides is 1. The zero-order chi connectivity index (χ0) is 21.1. The van der Waals surface area contributed by atoms with Crippen molar-refractivity contribution in [1.29, 1.82) is 0 Å². The van der Waals surface area contributed by atoms with Crippen LogP contribution in [0.25, 0.3) is 0 Å². The summed E-state index contributed by atoms with van der Waals surface area (Å²) in [6, 6.07) is 18.3. The second-order valence-electron chi connectivity index (χ2n) is 7.18. The van der Waals surface area contributed by atoms with Gasteiger partial charge in [0.15, 0.2) is 0 Å². The Kier molecular flexibility index (Phi) is 6.32. The van der Waals surface area contributed by atoms with Crippen LogP contribution in [0.5, 0.6) is 0 Å². The minimum absolute atomic E-state index is 0.0134. The standard InChI is InChI=1S/C23H20Cl2FN3O/c24-18-14-20(22(25)27-15-18)23(30)29-12-10-28(11-13-29)21(16-4-2-1-3-5-16)17-6-8-19(26)9-7-17/h1-9,14-15,21H,10-13H2/t21-/m0/s1. The molecule has 4 nitrogen and oxygen atoms in total. The minimum Gasteiger partial charge on any atom is -0.336 e. The molecule has 1 amide bonds. The van der Waals surface area contributed by atoms with Crippen molar-refractivity contribution in [3.8, 4) is 0 Å². The number of aromatic nitrogens is 1. The van der Waals surface area contributed by atoms with Crippen LogP contribution in [0.1, 0.15) is 27.5 Å². The van der Waals surface area contributed by atoms with Gasteiger partial charge in [-0.2, -0.15) is 0 Å². The zero-order valence-corrected chi connectivity index (χ0v) is 17.7. The molecule has 0 spiro atoms. The van der Waals surface area contributed by atoms with Gasteiger partial charge in [-0.1, -0.05) is 65.7 Å². The number of nitrogens with zero attached hydrogens (tertiary/aromatic N) is 3. The average Bonchev–Trinajstić information content (AvgIpc) is 2.78. The first-order valence-electron chi connectivity index (χ1n) is 9.68. The van der Waals surface area contributed by atoms with E-state index in [9.17, 15) is 9.18 Å². The highest BCUT2D eigenvalue weighted by atomic mass is 35.5. The Bertz CT molecular complexity index is 1020. The van der Waals surface area contributed by atoms with Gasteiger partial charge in [-0.15, -0.1) is 0 Å². The SMILES string of the molecule is O=C(c1cc(Cl)cnc1Cl)N1CCN([C@@H](c2ccccc2)c2ccc(F)cc2)CC1. The van der Waals surface area contributed by atoms with Crippen molar-refractivity contribution >= 4 is 29.1 Å². The number of pyridine rings is 1. The Morgan fingerprint density at radius 1 is 0.933 bits per heavy atom. The molecule has 0 saturated carbocycles. The molecule has 0 bridgehead atoms. The van der Waals surface area contributed by atoms with Crippen molar-refractivity contribution < 1.29 is 9.18 Å². The van der Waals surface area contributed by atoms with Gasteiger partial charge in [0.1, 0.15) is 11.0 Å². The predicted molar refractivity (Wildman–Crippen MR) is 116 cm³/mol. The Morgan fingerprint density at radius 3 is 2.23 bits per heavy atom. The van der Waals surface area contributed by atoms with E-state index < -0.39 is 0 Å². The van der Waals surface area contributed by atoms with E-state index in [1.165, 1.54) is 18.3 Å². The Labute approximate surface area is 184 Å². The Balaban J connectivity index is 1.53. The summed E-state index contributed by atoms with van der Waals surface area (Å²) < 4.78 is 13.5. The van der Waals surface area contributed by atoms with Gasteiger partial charge in [-0.05, 0) is 29.3 Å². The molecule has 30 heavy (non-hydrogen) atoms. The van der Waals surface area contributed by atoms with Crippen LogP contribution < -0.4 is 0 Å². The molecule has 1 aliphatic rings. The maximum Gasteiger partial charge on any atom is 0.257 e. The quantitative estimate of drug-likeness (QED) is 0.527. The number of hydrogen-bond donors (Lipinski definition) is 0. The first-order chi connectivity index (χ1) is 14.5. The zero-order valence-electron chi connectivity index (χ0n) is 16.1. The van der Waals surface area contributed by atoms with Gasteiger partial charge in [0, 0.05) is 32.4 Å². The molecule has 2 aromatic carbocycles. The number of benzene rings is 2. The smallest absolute Gasteiger partial charge is 0.257 e. The summed E-state index contributed by atoms with van der Waals surface area (Å²) in [6.45, 7) is 2.45. The second kappa shape index (κ2) is 9.13. The molecule has 1 aromatic heterocycles. The van der Waals surface area contributed by atoms with E-state index in [0.717, 1.165) is 11.1 Å². The van der Waals surface area contributed by atoms with E-state index in [-0.39, 0.29) is 22.9 Å². The Morgan fingerprint density at radius 2 is 1.57 bits per heavy atom. The normalized spacial score (nSPS) is 15.8. The molecule has 1 fully saturated rings. The van der Waals surface area contributed by atoms with Crippen LogP contribution in [0.15, 0.2) is 66.9 Å². The van der Waals surface area contributed by atoms with E-state index in [4.69, 9.17) is 23.2 Å². The van der Waals surface area contributed by atoms with Gasteiger partial charge in [0.25, 0.3) is 5.91 Å². The molecule has 1 aliphatic heterocycles. The number of carbonyl (C=O) groups excluding carboxylic acids is 1. The molecule has 0 aliphatic carbocycles. The largest absolute Gasteiger partial charge is 0.336 e. The summed E-state index contributed by atoms with van der Waals surface area (Å²) in [4.78, 5) is 21.0. The number of halogens is 3. The maximum atomic E-state index is 13.5. The predicted octanol–water partition coefficient (Wildman–Crippen LogP) is 5.07. The molecule has 0 N–H and O–H groups in total. The van der Waals surface area contributed by atoms with E-state index in [1.54, 1.807) is 11.0 Å². The fourth-order valence-electron chi connectivity index (χ4n) is 3.82. The lowest BCUT2D eigenvalue weighted by Crippen LogP contribution is -2.50. The van der Waals surface area contributed by atoms with Crippen molar-refractivity contribution in [2.75, 3.05) is 26.2 Å². The van der Waals surface area contributed by atoms with Crippen LogP contribution in [0.4, 0.5) is 4.39 Å². The first kappa shape index (κ1) is 20.8. The number of carbonyl (C=O) groups is 1. The van der Waals surface area contributed by atoms with Crippen LogP contribution in [0.3, 0.4) is 0 Å². The van der Waals surface area contributed by atoms with Crippen LogP contribution in [-0.4, -0.2) is 46.9 Å². The van der Waals surface area contributed by atoms with Crippen molar-refractivity contribution in [1.82, 2.24) is 14.8 Å². The fraction of sp³-hybridized carbons (Fsp3) is 0.217. The van der Waals surface area contributed by atoms with E-state index in [1.807, 2.05) is 30.3 Å². The molecule has 2 heterocycles. The molecule has 7 heteroatoms. The molecule has 0 unspecified atom stereocenters. The average molecular weight is 444 g/mol. The van der Waals surface area contributed by atoms with E-state index in [0.29, 0.717) is 36.8 Å². The topological polar surface area (TPSA) is 36.4 Å². The molecule has 0 radical (unpaired) electrons. The second-order valence-corrected chi connectivity index (χ2v) is 7.98. The van der Waals surface area contributed by atoms with Crippen LogP contribution >= 0.6 is 23.2 Å². The van der Waals surface area contributed by atoms with Crippen molar-refractivity contribution in [2.45, 2.75) is 6.04 Å². The highest BCUT2D eigenvalue weighted by Crippen LogP contribution is 2.30. The molecule has 1 atom stereocenters. The number of hydrogen-bond acceptors (Lipinski definition) is 3. The highest BCUT2D eigenvalue weighted by Gasteiger charge is 2.29. The highest BCUT2D eigenvalue weighted by molar-refractivity contribution is 6.34. The molecular formula is C23H20Cl2FN3O. The Hall–Kier alpha value is -2.47. The third-order valence-corrected chi connectivity index (χ3v) is 5.81. The molecule has 3 aromatic rings. The summed E-state index contributed by atoms with van der Waals surface area (Å²) in [5.41, 5.74) is 2.46. The van der Waals surface area contributed by atoms with Gasteiger partial charge < -0.3 is 4.90 Å². The lowest BCUT2D eigenvalue weighted by atomic mass is 9.96. The minimum atomic E-state index is -0.256. The molecule has 1 saturated heterocycles. The molecular weight excluding hydrogens is 424 g/mol. The summed E-state index contributed by atoms with van der Waals surface area (Å²) in [5, 5.41) is 0.530. The summed E-state index contributed by atoms with van der Waals surface area (Å²) in [5.74, 6) is -0.430. The van der Waals surface area contributed by atoms with E-state index in [2.05, 4.69) is 22.0 Å². The van der Waals surface area contributed by atoms with Gasteiger partial charge in [-0.25, -0.2) is 9.37 Å². The summed E-state index contributed by atoms with van der Waals surface area (Å²) in [7, 11) is 0. The van der Waals surface area contributed by atoms with Gasteiger partial charge in [0.2, 0.25) is 0 Å². The van der Waals surface area contributed by atoms with E-state index >= 15 is 0 Å².